The lowest BCUT2D eigenvalue weighted by atomic mass is 10.1. The van der Waals surface area contributed by atoms with Crippen LogP contribution in [0.2, 0.25) is 0 Å². The van der Waals surface area contributed by atoms with Crippen molar-refractivity contribution in [3.8, 4) is 17.3 Å². The Bertz CT molecular complexity index is 1010. The molecule has 0 unspecified atom stereocenters. The van der Waals surface area contributed by atoms with Crippen molar-refractivity contribution in [2.75, 3.05) is 0 Å². The molecule has 0 spiro atoms. The zero-order valence-corrected chi connectivity index (χ0v) is 15.6. The highest BCUT2D eigenvalue weighted by Gasteiger charge is 2.19. The molecule has 0 aliphatic carbocycles. The van der Waals surface area contributed by atoms with E-state index in [9.17, 15) is 4.79 Å². The van der Waals surface area contributed by atoms with Crippen LogP contribution in [0.5, 0.6) is 0 Å². The summed E-state index contributed by atoms with van der Waals surface area (Å²) in [5, 5.41) is 16.5. The molecule has 0 bridgehead atoms. The van der Waals surface area contributed by atoms with Crippen LogP contribution < -0.4 is 5.32 Å². The zero-order valence-electron chi connectivity index (χ0n) is 14.0. The van der Waals surface area contributed by atoms with Crippen molar-refractivity contribution in [2.45, 2.75) is 26.3 Å². The van der Waals surface area contributed by atoms with E-state index in [1.54, 1.807) is 35.0 Å². The molecule has 0 aliphatic heterocycles. The molecule has 3 rings (SSSR count). The fourth-order valence-corrected chi connectivity index (χ4v) is 2.93. The van der Waals surface area contributed by atoms with E-state index < -0.39 is 0 Å². The minimum atomic E-state index is -0.342. The number of nitriles is 1. The summed E-state index contributed by atoms with van der Waals surface area (Å²) < 4.78 is 2.28. The van der Waals surface area contributed by atoms with Crippen LogP contribution in [0.4, 0.5) is 0 Å². The molecule has 0 saturated heterocycles. The molecular formula is C18H16BrN5O. The highest BCUT2D eigenvalue weighted by Crippen LogP contribution is 2.30. The monoisotopic (exact) mass is 397 g/mol. The maximum Gasteiger partial charge on any atom is 0.270 e. The van der Waals surface area contributed by atoms with Gasteiger partial charge in [-0.3, -0.25) is 4.79 Å². The second-order valence-electron chi connectivity index (χ2n) is 6.64. The third-order valence-corrected chi connectivity index (χ3v) is 4.15. The number of rotatable bonds is 2. The second-order valence-corrected chi connectivity index (χ2v) is 7.43. The number of nitrogens with one attached hydrogen (secondary N) is 1. The first kappa shape index (κ1) is 17.1. The Labute approximate surface area is 153 Å². The van der Waals surface area contributed by atoms with Crippen molar-refractivity contribution >= 4 is 27.5 Å². The van der Waals surface area contributed by atoms with Gasteiger partial charge in [0.2, 0.25) is 0 Å². The number of benzene rings is 1. The van der Waals surface area contributed by atoms with Crippen LogP contribution in [0.1, 0.15) is 36.8 Å². The third-order valence-electron chi connectivity index (χ3n) is 3.42. The van der Waals surface area contributed by atoms with Crippen molar-refractivity contribution in [1.29, 1.82) is 5.26 Å². The summed E-state index contributed by atoms with van der Waals surface area (Å²) in [6, 6.07) is 10.9. The van der Waals surface area contributed by atoms with Gasteiger partial charge >= 0.3 is 0 Å². The smallest absolute Gasteiger partial charge is 0.270 e. The Balaban J connectivity index is 2.06. The van der Waals surface area contributed by atoms with Gasteiger partial charge in [-0.1, -0.05) is 12.1 Å². The number of amides is 1. The topological polar surface area (TPSA) is 83.1 Å². The van der Waals surface area contributed by atoms with Gasteiger partial charge in [0, 0.05) is 17.3 Å². The molecule has 126 valence electrons. The average Bonchev–Trinajstić information content (AvgIpc) is 2.90. The highest BCUT2D eigenvalue weighted by atomic mass is 79.9. The van der Waals surface area contributed by atoms with E-state index in [0.717, 1.165) is 5.56 Å². The summed E-state index contributed by atoms with van der Waals surface area (Å²) in [4.78, 5) is 16.7. The molecule has 2 heterocycles. The molecule has 1 amide bonds. The van der Waals surface area contributed by atoms with Crippen LogP contribution in [-0.4, -0.2) is 26.0 Å². The average molecular weight is 398 g/mol. The van der Waals surface area contributed by atoms with Gasteiger partial charge in [0.25, 0.3) is 5.91 Å². The van der Waals surface area contributed by atoms with Gasteiger partial charge in [-0.2, -0.15) is 10.4 Å². The first-order chi connectivity index (χ1) is 11.8. The molecular weight excluding hydrogens is 382 g/mol. The Morgan fingerprint density at radius 3 is 2.76 bits per heavy atom. The predicted octanol–water partition coefficient (Wildman–Crippen LogP) is 3.56. The lowest BCUT2D eigenvalue weighted by molar-refractivity contribution is 0.0914. The van der Waals surface area contributed by atoms with E-state index in [4.69, 9.17) is 5.26 Å². The number of fused-ring (bicyclic) bond motifs is 1. The summed E-state index contributed by atoms with van der Waals surface area (Å²) >= 11 is 3.52. The molecule has 0 aliphatic rings. The molecule has 0 fully saturated rings. The first-order valence-electron chi connectivity index (χ1n) is 7.66. The SMILES string of the molecule is CC(C)(C)NC(=O)c1ccn2nc(-c3cccc(C#N)c3)c(Br)c2n1. The Hall–Kier alpha value is -2.72. The lowest BCUT2D eigenvalue weighted by Crippen LogP contribution is -2.40. The third kappa shape index (κ3) is 3.54. The van der Waals surface area contributed by atoms with Crippen molar-refractivity contribution in [2.24, 2.45) is 0 Å². The predicted molar refractivity (Wildman–Crippen MR) is 98.1 cm³/mol. The first-order valence-corrected chi connectivity index (χ1v) is 8.46. The number of hydrogen-bond acceptors (Lipinski definition) is 4. The van der Waals surface area contributed by atoms with E-state index in [1.807, 2.05) is 26.8 Å². The van der Waals surface area contributed by atoms with Crippen LogP contribution in [0, 0.1) is 11.3 Å². The van der Waals surface area contributed by atoms with Crippen molar-refractivity contribution in [3.63, 3.8) is 0 Å². The normalized spacial score (nSPS) is 11.3. The summed E-state index contributed by atoms with van der Waals surface area (Å²) in [5.74, 6) is -0.240. The number of aromatic nitrogens is 3. The van der Waals surface area contributed by atoms with E-state index >= 15 is 0 Å². The summed E-state index contributed by atoms with van der Waals surface area (Å²) in [5.41, 5.74) is 2.54. The van der Waals surface area contributed by atoms with E-state index in [0.29, 0.717) is 27.1 Å². The molecule has 6 nitrogen and oxygen atoms in total. The van der Waals surface area contributed by atoms with Crippen molar-refractivity contribution in [1.82, 2.24) is 19.9 Å². The number of carbonyl (C=O) groups is 1. The maximum atomic E-state index is 12.3. The highest BCUT2D eigenvalue weighted by molar-refractivity contribution is 9.10. The van der Waals surface area contributed by atoms with Gasteiger partial charge in [0.05, 0.1) is 16.1 Å². The van der Waals surface area contributed by atoms with Crippen molar-refractivity contribution in [3.05, 3.63) is 52.3 Å². The van der Waals surface area contributed by atoms with Crippen LogP contribution in [-0.2, 0) is 0 Å². The summed E-state index contributed by atoms with van der Waals surface area (Å²) in [7, 11) is 0. The fraction of sp³-hybridized carbons (Fsp3) is 0.222. The van der Waals surface area contributed by atoms with Gasteiger partial charge in [0.15, 0.2) is 5.65 Å². The molecule has 2 aromatic heterocycles. The zero-order chi connectivity index (χ0) is 18.2. The second kappa shape index (κ2) is 6.30. The largest absolute Gasteiger partial charge is 0.346 e. The van der Waals surface area contributed by atoms with Crippen molar-refractivity contribution < 1.29 is 4.79 Å². The molecule has 0 atom stereocenters. The minimum absolute atomic E-state index is 0.240. The number of nitrogens with zero attached hydrogens (tertiary/aromatic N) is 4. The van der Waals surface area contributed by atoms with Gasteiger partial charge < -0.3 is 5.32 Å². The molecule has 0 radical (unpaired) electrons. The Morgan fingerprint density at radius 1 is 1.32 bits per heavy atom. The van der Waals surface area contributed by atoms with Crippen LogP contribution in [0.3, 0.4) is 0 Å². The quantitative estimate of drug-likeness (QED) is 0.716. The summed E-state index contributed by atoms with van der Waals surface area (Å²) in [6.45, 7) is 5.75. The molecule has 1 N–H and O–H groups in total. The molecule has 1 aromatic carbocycles. The molecule has 25 heavy (non-hydrogen) atoms. The maximum absolute atomic E-state index is 12.3. The number of carbonyl (C=O) groups excluding carboxylic acids is 1. The Morgan fingerprint density at radius 2 is 2.08 bits per heavy atom. The Kier molecular flexibility index (Phi) is 4.31. The lowest BCUT2D eigenvalue weighted by Gasteiger charge is -2.20. The van der Waals surface area contributed by atoms with Gasteiger partial charge in [-0.05, 0) is 54.9 Å². The molecule has 7 heteroatoms. The van der Waals surface area contributed by atoms with Crippen LogP contribution in [0.15, 0.2) is 41.0 Å². The molecule has 0 saturated carbocycles. The summed E-state index contributed by atoms with van der Waals surface area (Å²) in [6.07, 6.45) is 1.70. The van der Waals surface area contributed by atoms with Gasteiger partial charge in [0.1, 0.15) is 11.4 Å². The number of halogens is 1. The van der Waals surface area contributed by atoms with Crippen LogP contribution in [0.25, 0.3) is 16.9 Å². The number of hydrogen-bond donors (Lipinski definition) is 1. The standard InChI is InChI=1S/C18H16BrN5O/c1-18(2,3)22-17(25)13-7-8-24-16(21-13)14(19)15(23-24)12-6-4-5-11(9-12)10-20/h4-9H,1-3H3,(H,22,25). The van der Waals surface area contributed by atoms with Gasteiger partial charge in [-0.25, -0.2) is 9.50 Å². The fourth-order valence-electron chi connectivity index (χ4n) is 2.35. The molecule has 3 aromatic rings. The van der Waals surface area contributed by atoms with E-state index in [2.05, 4.69) is 37.4 Å². The minimum Gasteiger partial charge on any atom is -0.346 e. The van der Waals surface area contributed by atoms with Crippen LogP contribution >= 0.6 is 15.9 Å². The van der Waals surface area contributed by atoms with Gasteiger partial charge in [-0.15, -0.1) is 0 Å². The van der Waals surface area contributed by atoms with E-state index in [-0.39, 0.29) is 11.4 Å². The van der Waals surface area contributed by atoms with E-state index in [1.165, 1.54) is 0 Å².